The van der Waals surface area contributed by atoms with Gasteiger partial charge >= 0.3 is 5.97 Å². The zero-order valence-corrected chi connectivity index (χ0v) is 48.2. The van der Waals surface area contributed by atoms with Crippen LogP contribution in [-0.4, -0.2) is 69.4 Å². The number of hydrogen-bond donors (Lipinski definition) is 1. The van der Waals surface area contributed by atoms with E-state index < -0.39 is 32.5 Å². The molecule has 10 heteroatoms. The third-order valence-electron chi connectivity index (χ3n) is 12.0. The van der Waals surface area contributed by atoms with Crippen molar-refractivity contribution in [2.24, 2.45) is 0 Å². The maximum absolute atomic E-state index is 13.5. The molecule has 0 bridgehead atoms. The average Bonchev–Trinajstić information content (AvgIpc) is 3.35. The molecule has 0 fully saturated rings. The Morgan fingerprint density at radius 2 is 0.932 bits per heavy atom. The first-order valence-electron chi connectivity index (χ1n) is 28.9. The predicted molar refractivity (Wildman–Crippen MR) is 311 cm³/mol. The van der Waals surface area contributed by atoms with Crippen LogP contribution in [0.25, 0.3) is 0 Å². The minimum absolute atomic E-state index is 0.0415. The summed E-state index contributed by atoms with van der Waals surface area (Å²) in [4.78, 5) is 39.9. The maximum Gasteiger partial charge on any atom is 0.306 e. The van der Waals surface area contributed by atoms with Crippen LogP contribution in [0.15, 0.2) is 122 Å². The molecule has 0 saturated heterocycles. The highest BCUT2D eigenvalue weighted by atomic mass is 31.2. The number of phosphoric ester groups is 1. The van der Waals surface area contributed by atoms with E-state index in [1.807, 2.05) is 88.0 Å². The van der Waals surface area contributed by atoms with Crippen molar-refractivity contribution < 1.29 is 37.3 Å². The molecule has 3 unspecified atom stereocenters. The summed E-state index contributed by atoms with van der Waals surface area (Å²) >= 11 is 0. The van der Waals surface area contributed by atoms with Gasteiger partial charge in [0.15, 0.2) is 0 Å². The summed E-state index contributed by atoms with van der Waals surface area (Å²) in [7, 11) is 1.12. The fourth-order valence-corrected chi connectivity index (χ4v) is 8.28. The highest BCUT2D eigenvalue weighted by Gasteiger charge is 2.27. The van der Waals surface area contributed by atoms with Crippen molar-refractivity contribution in [1.29, 1.82) is 0 Å². The van der Waals surface area contributed by atoms with Crippen LogP contribution in [0.4, 0.5) is 0 Å². The van der Waals surface area contributed by atoms with Crippen LogP contribution in [0.2, 0.25) is 0 Å². The summed E-state index contributed by atoms with van der Waals surface area (Å²) in [6.07, 6.45) is 71.6. The summed E-state index contributed by atoms with van der Waals surface area (Å²) in [5.74, 6) is -0.627. The second-order valence-electron chi connectivity index (χ2n) is 20.2. The molecule has 0 spiro atoms. The molecule has 0 aliphatic carbocycles. The number of quaternary nitrogens is 1. The van der Waals surface area contributed by atoms with Crippen LogP contribution in [0.1, 0.15) is 213 Å². The Morgan fingerprint density at radius 3 is 1.48 bits per heavy atom. The van der Waals surface area contributed by atoms with Gasteiger partial charge in [0.1, 0.15) is 19.3 Å². The van der Waals surface area contributed by atoms with Crippen molar-refractivity contribution in [3.8, 4) is 0 Å². The van der Waals surface area contributed by atoms with E-state index in [9.17, 15) is 19.0 Å². The molecular weight excluding hydrogens is 928 g/mol. The number of amides is 1. The number of unbranched alkanes of at least 4 members (excludes halogenated alkanes) is 21. The molecule has 0 aromatic carbocycles. The van der Waals surface area contributed by atoms with Crippen molar-refractivity contribution in [3.05, 3.63) is 122 Å². The summed E-state index contributed by atoms with van der Waals surface area (Å²) in [6.45, 7) is 6.59. The van der Waals surface area contributed by atoms with Gasteiger partial charge in [-0.15, -0.1) is 0 Å². The van der Waals surface area contributed by atoms with Gasteiger partial charge in [-0.25, -0.2) is 0 Å². The molecule has 9 nitrogen and oxygen atoms in total. The molecule has 73 heavy (non-hydrogen) atoms. The van der Waals surface area contributed by atoms with Crippen molar-refractivity contribution in [2.75, 3.05) is 40.9 Å². The van der Waals surface area contributed by atoms with Crippen LogP contribution in [0.3, 0.4) is 0 Å². The number of hydrogen-bond acceptors (Lipinski definition) is 7. The number of nitrogens with zero attached hydrogens (tertiary/aromatic N) is 1. The minimum atomic E-state index is -4.72. The Hall–Kier alpha value is -3.59. The first-order chi connectivity index (χ1) is 35.4. The van der Waals surface area contributed by atoms with Gasteiger partial charge in [0.25, 0.3) is 7.82 Å². The number of phosphoric acid groups is 1. The van der Waals surface area contributed by atoms with Gasteiger partial charge in [-0.2, -0.15) is 0 Å². The quantitative estimate of drug-likeness (QED) is 0.0161. The lowest BCUT2D eigenvalue weighted by Gasteiger charge is -2.30. The molecule has 0 aromatic heterocycles. The standard InChI is InChI=1S/C63H107N2O7P/c1-7-10-13-16-19-22-25-28-30-32-34-37-40-43-46-49-52-55-62(66)64-60(59-71-73(68,69)70-58-57-65(4,5)6)61(54-51-48-45-42-39-36-27-24-21-18-15-12-9-3)72-63(67)56-53-50-47-44-41-38-35-33-31-29-26-23-20-17-14-11-8-2/h11,14,17,19-20,22-23,26,28-31,33-35,37-38,41,51,54,60-61H,7-10,12-13,15-16,18,21,24-25,27,32,36,39-40,42-50,52-53,55-59H2,1-6H3,(H-,64,66,68,69)/b14-11-,20-17+,22-19-,26-23+,30-28-,31-29-,35-33+,37-34-,41-38+,54-51+. The van der Waals surface area contributed by atoms with Gasteiger partial charge in [0.2, 0.25) is 5.91 Å². The van der Waals surface area contributed by atoms with Gasteiger partial charge in [-0.3, -0.25) is 14.2 Å². The number of nitrogens with one attached hydrogen (secondary N) is 1. The fourth-order valence-electron chi connectivity index (χ4n) is 7.56. The predicted octanol–water partition coefficient (Wildman–Crippen LogP) is 16.9. The molecule has 0 aliphatic rings. The highest BCUT2D eigenvalue weighted by molar-refractivity contribution is 7.45. The van der Waals surface area contributed by atoms with Gasteiger partial charge in [-0.1, -0.05) is 233 Å². The molecule has 0 rings (SSSR count). The molecule has 0 radical (unpaired) electrons. The number of allylic oxidation sites excluding steroid dienone is 19. The number of rotatable bonds is 50. The van der Waals surface area contributed by atoms with E-state index in [1.165, 1.54) is 83.5 Å². The largest absolute Gasteiger partial charge is 0.756 e. The summed E-state index contributed by atoms with van der Waals surface area (Å²) in [5, 5.41) is 2.99. The Balaban J connectivity index is 5.52. The van der Waals surface area contributed by atoms with Crippen molar-refractivity contribution >= 4 is 19.7 Å². The molecule has 3 atom stereocenters. The van der Waals surface area contributed by atoms with Crippen LogP contribution < -0.4 is 10.2 Å². The van der Waals surface area contributed by atoms with E-state index in [0.29, 0.717) is 23.9 Å². The Kier molecular flexibility index (Phi) is 49.3. The topological polar surface area (TPSA) is 114 Å². The van der Waals surface area contributed by atoms with E-state index in [-0.39, 0.29) is 25.4 Å². The second kappa shape index (κ2) is 51.9. The van der Waals surface area contributed by atoms with Crippen molar-refractivity contribution in [1.82, 2.24) is 5.32 Å². The van der Waals surface area contributed by atoms with Crippen molar-refractivity contribution in [2.45, 2.75) is 226 Å². The van der Waals surface area contributed by atoms with Gasteiger partial charge in [-0.05, 0) is 89.5 Å². The number of esters is 1. The monoisotopic (exact) mass is 1030 g/mol. The summed E-state index contributed by atoms with van der Waals surface area (Å²) < 4.78 is 30.2. The molecule has 1 amide bonds. The third kappa shape index (κ3) is 53.1. The molecule has 0 aliphatic heterocycles. The molecule has 0 aromatic rings. The second-order valence-corrected chi connectivity index (χ2v) is 21.6. The molecule has 416 valence electrons. The molecule has 0 heterocycles. The molecular formula is C63H107N2O7P. The van der Waals surface area contributed by atoms with E-state index in [2.05, 4.69) is 74.7 Å². The Bertz CT molecular complexity index is 1660. The van der Waals surface area contributed by atoms with E-state index >= 15 is 0 Å². The van der Waals surface area contributed by atoms with Crippen LogP contribution in [-0.2, 0) is 27.9 Å². The molecule has 1 N–H and O–H groups in total. The Morgan fingerprint density at radius 1 is 0.507 bits per heavy atom. The lowest BCUT2D eigenvalue weighted by molar-refractivity contribution is -0.870. The van der Waals surface area contributed by atoms with Crippen LogP contribution in [0, 0.1) is 0 Å². The number of carbonyl (C=O) groups excluding carboxylic acids is 2. The zero-order valence-electron chi connectivity index (χ0n) is 47.3. The zero-order chi connectivity index (χ0) is 53.6. The van der Waals surface area contributed by atoms with Gasteiger partial charge in [0.05, 0.1) is 33.8 Å². The van der Waals surface area contributed by atoms with Gasteiger partial charge in [0, 0.05) is 12.8 Å². The van der Waals surface area contributed by atoms with E-state index in [4.69, 9.17) is 13.8 Å². The average molecular weight is 1040 g/mol. The molecule has 0 saturated carbocycles. The highest BCUT2D eigenvalue weighted by Crippen LogP contribution is 2.38. The normalized spacial score (nSPS) is 14.7. The number of ether oxygens (including phenoxy) is 1. The lowest BCUT2D eigenvalue weighted by Crippen LogP contribution is -2.47. The first kappa shape index (κ1) is 69.4. The first-order valence-corrected chi connectivity index (χ1v) is 30.4. The van der Waals surface area contributed by atoms with Crippen LogP contribution in [0.5, 0.6) is 0 Å². The lowest BCUT2D eigenvalue weighted by atomic mass is 10.0. The number of likely N-dealkylation sites (N-methyl/N-ethyl adjacent to an activating group) is 1. The fraction of sp³-hybridized carbons (Fsp3) is 0.651. The third-order valence-corrected chi connectivity index (χ3v) is 13.0. The van der Waals surface area contributed by atoms with Gasteiger partial charge < -0.3 is 28.5 Å². The maximum atomic E-state index is 13.5. The number of carbonyl (C=O) groups is 2. The minimum Gasteiger partial charge on any atom is -0.756 e. The Labute approximate surface area is 448 Å². The summed E-state index contributed by atoms with van der Waals surface area (Å²) in [5.41, 5.74) is 0. The van der Waals surface area contributed by atoms with E-state index in [1.54, 1.807) is 6.08 Å². The smallest absolute Gasteiger partial charge is 0.306 e. The van der Waals surface area contributed by atoms with Crippen molar-refractivity contribution in [3.63, 3.8) is 0 Å². The van der Waals surface area contributed by atoms with Crippen LogP contribution >= 0.6 is 7.82 Å². The SMILES string of the molecule is CC\C=C/C=C/C=C/C=C\C=C\C=C\CCCCCC(=O)OC(/C=C/CCCCCCCCCCCCC)C(COP(=O)([O-])OCC[N+](C)(C)C)NC(=O)CCCCCC/C=C\C/C=C\C/C=C\CCCCC. The van der Waals surface area contributed by atoms with E-state index in [0.717, 1.165) is 83.5 Å². The summed E-state index contributed by atoms with van der Waals surface area (Å²) in [6, 6.07) is -0.927.